The van der Waals surface area contributed by atoms with Gasteiger partial charge >= 0.3 is 0 Å². The van der Waals surface area contributed by atoms with Crippen molar-refractivity contribution in [3.63, 3.8) is 0 Å². The zero-order valence-corrected chi connectivity index (χ0v) is 16.0. The lowest BCUT2D eigenvalue weighted by atomic mass is 10.2. The lowest BCUT2D eigenvalue weighted by Crippen LogP contribution is -2.24. The van der Waals surface area contributed by atoms with Crippen molar-refractivity contribution < 1.29 is 4.21 Å². The van der Waals surface area contributed by atoms with E-state index in [-0.39, 0.29) is 10.8 Å². The fourth-order valence-corrected chi connectivity index (χ4v) is 3.09. The molecule has 0 saturated carbocycles. The van der Waals surface area contributed by atoms with E-state index in [4.69, 9.17) is 11.6 Å². The highest BCUT2D eigenvalue weighted by atomic mass is 35.5. The number of hydrogen-bond donors (Lipinski definition) is 2. The lowest BCUT2D eigenvalue weighted by Gasteiger charge is -2.19. The van der Waals surface area contributed by atoms with Gasteiger partial charge in [0, 0.05) is 17.9 Å². The maximum Gasteiger partial charge on any atom is 0.254 e. The van der Waals surface area contributed by atoms with E-state index in [1.807, 2.05) is 39.0 Å². The Balaban J connectivity index is 2.52. The molecule has 0 aliphatic carbocycles. The summed E-state index contributed by atoms with van der Waals surface area (Å²) < 4.78 is 16.7. The summed E-state index contributed by atoms with van der Waals surface area (Å²) >= 11 is 6.28. The topological polar surface area (TPSA) is 63.1 Å². The van der Waals surface area contributed by atoms with Crippen molar-refractivity contribution in [1.29, 1.82) is 0 Å². The number of anilines is 3. The molecule has 2 aromatic rings. The second kappa shape index (κ2) is 7.40. The molecule has 1 unspecified atom stereocenters. The van der Waals surface area contributed by atoms with Gasteiger partial charge in [-0.05, 0) is 51.5 Å². The molecule has 1 atom stereocenters. The minimum atomic E-state index is -1.26. The quantitative estimate of drug-likeness (QED) is 0.842. The number of nitrogens with one attached hydrogen (secondary N) is 2. The van der Waals surface area contributed by atoms with Gasteiger partial charge in [0.05, 0.1) is 16.4 Å². The van der Waals surface area contributed by atoms with Gasteiger partial charge in [-0.15, -0.1) is 0 Å². The molecule has 0 saturated heterocycles. The van der Waals surface area contributed by atoms with Crippen molar-refractivity contribution in [3.8, 4) is 0 Å². The maximum absolute atomic E-state index is 12.3. The van der Waals surface area contributed by atoms with Gasteiger partial charge in [0.25, 0.3) is 5.56 Å². The third-order valence-electron chi connectivity index (χ3n) is 3.61. The van der Waals surface area contributed by atoms with E-state index in [0.717, 1.165) is 5.56 Å². The SMILES string of the molecule is Cc1ccc(Nc2c(NS(=O)C(C)C)cc(C)c(=O)n2C)c(Cl)c1. The third kappa shape index (κ3) is 3.99. The first-order valence-corrected chi connectivity index (χ1v) is 9.21. The second-order valence-corrected chi connectivity index (χ2v) is 8.16. The van der Waals surface area contributed by atoms with Crippen molar-refractivity contribution in [1.82, 2.24) is 4.57 Å². The molecule has 2 rings (SSSR count). The summed E-state index contributed by atoms with van der Waals surface area (Å²) in [5.41, 5.74) is 2.77. The number of rotatable bonds is 5. The van der Waals surface area contributed by atoms with Crippen molar-refractivity contribution in [2.24, 2.45) is 7.05 Å². The summed E-state index contributed by atoms with van der Waals surface area (Å²) in [6.07, 6.45) is 0. The van der Waals surface area contributed by atoms with Gasteiger partial charge in [-0.1, -0.05) is 17.7 Å². The van der Waals surface area contributed by atoms with Crippen LogP contribution in [0.1, 0.15) is 25.0 Å². The molecule has 0 amide bonds. The number of aryl methyl sites for hydroxylation is 2. The average Bonchev–Trinajstić information content (AvgIpc) is 2.50. The molecule has 1 aromatic heterocycles. The smallest absolute Gasteiger partial charge is 0.254 e. The Hall–Kier alpha value is -1.79. The summed E-state index contributed by atoms with van der Waals surface area (Å²) in [6.45, 7) is 7.41. The number of benzene rings is 1. The molecular weight excluding hydrogens is 346 g/mol. The van der Waals surface area contributed by atoms with Crippen LogP contribution in [0, 0.1) is 13.8 Å². The minimum Gasteiger partial charge on any atom is -0.339 e. The standard InChI is InChI=1S/C17H22ClN3O2S/c1-10(2)24(23)20-15-9-12(4)17(22)21(5)16(15)19-14-7-6-11(3)8-13(14)18/h6-10,19-20H,1-5H3. The first-order valence-electron chi connectivity index (χ1n) is 7.61. The van der Waals surface area contributed by atoms with Crippen LogP contribution in [0.5, 0.6) is 0 Å². The van der Waals surface area contributed by atoms with Gasteiger partial charge in [0.15, 0.2) is 0 Å². The number of aromatic nitrogens is 1. The van der Waals surface area contributed by atoms with E-state index in [2.05, 4.69) is 10.0 Å². The normalized spacial score (nSPS) is 12.3. The lowest BCUT2D eigenvalue weighted by molar-refractivity contribution is 0.680. The van der Waals surface area contributed by atoms with Gasteiger partial charge in [0.1, 0.15) is 16.8 Å². The second-order valence-electron chi connectivity index (χ2n) is 6.01. The Labute approximate surface area is 149 Å². The maximum atomic E-state index is 12.3. The van der Waals surface area contributed by atoms with E-state index >= 15 is 0 Å². The predicted molar refractivity (Wildman–Crippen MR) is 103 cm³/mol. The summed E-state index contributed by atoms with van der Waals surface area (Å²) in [5, 5.41) is 3.68. The molecule has 24 heavy (non-hydrogen) atoms. The van der Waals surface area contributed by atoms with E-state index in [9.17, 15) is 9.00 Å². The molecule has 130 valence electrons. The van der Waals surface area contributed by atoms with Crippen LogP contribution in [0.25, 0.3) is 0 Å². The van der Waals surface area contributed by atoms with E-state index in [1.165, 1.54) is 4.57 Å². The van der Waals surface area contributed by atoms with Crippen LogP contribution in [-0.4, -0.2) is 14.0 Å². The van der Waals surface area contributed by atoms with Crippen LogP contribution < -0.4 is 15.6 Å². The van der Waals surface area contributed by atoms with Crippen LogP contribution >= 0.6 is 11.6 Å². The van der Waals surface area contributed by atoms with Crippen molar-refractivity contribution >= 4 is 39.8 Å². The molecule has 0 aliphatic rings. The Bertz CT molecular complexity index is 846. The first-order chi connectivity index (χ1) is 11.2. The minimum absolute atomic E-state index is 0.0571. The Morgan fingerprint density at radius 2 is 1.83 bits per heavy atom. The van der Waals surface area contributed by atoms with E-state index in [1.54, 1.807) is 20.0 Å². The Kier molecular flexibility index (Phi) is 5.72. The Morgan fingerprint density at radius 1 is 1.17 bits per heavy atom. The molecule has 1 heterocycles. The molecule has 7 heteroatoms. The molecule has 0 fully saturated rings. The van der Waals surface area contributed by atoms with Gasteiger partial charge in [-0.2, -0.15) is 0 Å². The number of pyridine rings is 1. The van der Waals surface area contributed by atoms with Gasteiger partial charge in [0.2, 0.25) is 0 Å². The number of hydrogen-bond acceptors (Lipinski definition) is 3. The van der Waals surface area contributed by atoms with Crippen molar-refractivity contribution in [2.75, 3.05) is 10.0 Å². The Morgan fingerprint density at radius 3 is 2.42 bits per heavy atom. The highest BCUT2D eigenvalue weighted by Crippen LogP contribution is 2.30. The largest absolute Gasteiger partial charge is 0.339 e. The fourth-order valence-electron chi connectivity index (χ4n) is 2.20. The summed E-state index contributed by atoms with van der Waals surface area (Å²) in [5.74, 6) is 0.519. The average molecular weight is 368 g/mol. The third-order valence-corrected chi connectivity index (χ3v) is 5.20. The van der Waals surface area contributed by atoms with Crippen LogP contribution in [0.15, 0.2) is 29.1 Å². The first kappa shape index (κ1) is 18.5. The number of halogens is 1. The number of nitrogens with zero attached hydrogens (tertiary/aromatic N) is 1. The van der Waals surface area contributed by atoms with Crippen molar-refractivity contribution in [2.45, 2.75) is 32.9 Å². The highest BCUT2D eigenvalue weighted by molar-refractivity contribution is 7.86. The molecule has 0 radical (unpaired) electrons. The molecule has 0 bridgehead atoms. The molecule has 1 aromatic carbocycles. The van der Waals surface area contributed by atoms with Crippen LogP contribution in [0.2, 0.25) is 5.02 Å². The van der Waals surface area contributed by atoms with Gasteiger partial charge in [-0.3, -0.25) is 9.36 Å². The van der Waals surface area contributed by atoms with Crippen LogP contribution in [-0.2, 0) is 18.0 Å². The van der Waals surface area contributed by atoms with E-state index in [0.29, 0.717) is 27.8 Å². The van der Waals surface area contributed by atoms with Crippen LogP contribution in [0.3, 0.4) is 0 Å². The highest BCUT2D eigenvalue weighted by Gasteiger charge is 2.15. The summed E-state index contributed by atoms with van der Waals surface area (Å²) in [4.78, 5) is 12.3. The molecule has 5 nitrogen and oxygen atoms in total. The fraction of sp³-hybridized carbons (Fsp3) is 0.353. The van der Waals surface area contributed by atoms with E-state index < -0.39 is 11.0 Å². The zero-order chi connectivity index (χ0) is 18.0. The van der Waals surface area contributed by atoms with Gasteiger partial charge in [-0.25, -0.2) is 4.21 Å². The molecular formula is C17H22ClN3O2S. The summed E-state index contributed by atoms with van der Waals surface area (Å²) in [6, 6.07) is 7.33. The van der Waals surface area contributed by atoms with Crippen LogP contribution in [0.4, 0.5) is 17.2 Å². The zero-order valence-electron chi connectivity index (χ0n) is 14.4. The molecule has 0 aliphatic heterocycles. The molecule has 0 spiro atoms. The predicted octanol–water partition coefficient (Wildman–Crippen LogP) is 3.88. The monoisotopic (exact) mass is 367 g/mol. The molecule has 2 N–H and O–H groups in total. The van der Waals surface area contributed by atoms with Crippen molar-refractivity contribution in [3.05, 3.63) is 50.8 Å². The van der Waals surface area contributed by atoms with Gasteiger partial charge < -0.3 is 10.0 Å². The summed E-state index contributed by atoms with van der Waals surface area (Å²) in [7, 11) is 0.408.